The van der Waals surface area contributed by atoms with Crippen LogP contribution in [0.5, 0.6) is 0 Å². The van der Waals surface area contributed by atoms with Crippen molar-refractivity contribution in [3.8, 4) is 0 Å². The first-order valence-corrected chi connectivity index (χ1v) is 6.45. The van der Waals surface area contributed by atoms with Gasteiger partial charge in [-0.1, -0.05) is 10.6 Å². The second kappa shape index (κ2) is 5.58. The van der Waals surface area contributed by atoms with Crippen molar-refractivity contribution in [2.45, 2.75) is 18.0 Å². The van der Waals surface area contributed by atoms with E-state index in [0.29, 0.717) is 11.5 Å². The first kappa shape index (κ1) is 17.4. The summed E-state index contributed by atoms with van der Waals surface area (Å²) in [4.78, 5) is 11.6. The van der Waals surface area contributed by atoms with Gasteiger partial charge in [0.25, 0.3) is 0 Å². The highest BCUT2D eigenvalue weighted by atomic mass is 32.1. The lowest BCUT2D eigenvalue weighted by molar-refractivity contribution is -0.359. The summed E-state index contributed by atoms with van der Waals surface area (Å²) < 4.78 is 94.9. The highest BCUT2D eigenvalue weighted by molar-refractivity contribution is 7.13. The Morgan fingerprint density at radius 1 is 1.13 bits per heavy atom. The molecule has 0 aliphatic carbocycles. The number of hydrogen-bond acceptors (Lipinski definition) is 5. The van der Waals surface area contributed by atoms with Crippen molar-refractivity contribution in [3.05, 3.63) is 23.8 Å². The van der Waals surface area contributed by atoms with E-state index in [-0.39, 0.29) is 15.8 Å². The molecule has 0 aliphatic rings. The number of ether oxygens (including phenoxy) is 1. The summed E-state index contributed by atoms with van der Waals surface area (Å²) >= 11 is 0.708. The summed E-state index contributed by atoms with van der Waals surface area (Å²) in [6, 6.07) is 3.84. The van der Waals surface area contributed by atoms with Gasteiger partial charge in [0.1, 0.15) is 5.52 Å². The van der Waals surface area contributed by atoms with Crippen molar-refractivity contribution < 1.29 is 40.3 Å². The number of aromatic nitrogens is 2. The lowest BCUT2D eigenvalue weighted by Crippen LogP contribution is -2.54. The molecule has 0 fully saturated rings. The van der Waals surface area contributed by atoms with Gasteiger partial charge >= 0.3 is 24.0 Å². The molecule has 0 unspecified atom stereocenters. The second-order valence-corrected chi connectivity index (χ2v) is 5.03. The van der Waals surface area contributed by atoms with Crippen LogP contribution in [0.3, 0.4) is 0 Å². The molecule has 12 heteroatoms. The Bertz CT molecular complexity index is 728. The number of rotatable bonds is 4. The fourth-order valence-corrected chi connectivity index (χ4v) is 2.16. The van der Waals surface area contributed by atoms with Gasteiger partial charge in [0.15, 0.2) is 6.61 Å². The quantitative estimate of drug-likeness (QED) is 0.615. The average Bonchev–Trinajstić information content (AvgIpc) is 2.91. The van der Waals surface area contributed by atoms with Crippen molar-refractivity contribution in [1.82, 2.24) is 9.59 Å². The molecule has 2 aromatic rings. The number of carbonyl (C=O) groups is 1. The minimum atomic E-state index is -6.48. The predicted octanol–water partition coefficient (Wildman–Crippen LogP) is 3.68. The van der Waals surface area contributed by atoms with Gasteiger partial charge in [0, 0.05) is 0 Å². The topological polar surface area (TPSA) is 52.1 Å². The maximum absolute atomic E-state index is 13.1. The van der Waals surface area contributed by atoms with Crippen LogP contribution in [-0.2, 0) is 4.74 Å². The molecule has 2 rings (SSSR count). The van der Waals surface area contributed by atoms with E-state index in [1.165, 1.54) is 12.1 Å². The fraction of sp³-hybridized carbons (Fsp3) is 0.364. The van der Waals surface area contributed by atoms with Crippen LogP contribution >= 0.6 is 11.5 Å². The van der Waals surface area contributed by atoms with Gasteiger partial charge in [-0.3, -0.25) is 0 Å². The SMILES string of the molecule is O=C(OCC(F)(F)C(F)(F)C(F)(F)F)c1cccc2nnsc12. The molecule has 0 atom stereocenters. The zero-order valence-corrected chi connectivity index (χ0v) is 11.5. The Labute approximate surface area is 127 Å². The highest BCUT2D eigenvalue weighted by Gasteiger charge is 2.73. The first-order chi connectivity index (χ1) is 10.5. The summed E-state index contributed by atoms with van der Waals surface area (Å²) in [6.07, 6.45) is -6.48. The van der Waals surface area contributed by atoms with Crippen molar-refractivity contribution in [2.24, 2.45) is 0 Å². The summed E-state index contributed by atoms with van der Waals surface area (Å²) in [5.41, 5.74) is -0.0968. The molecule has 0 aliphatic heterocycles. The van der Waals surface area contributed by atoms with Crippen molar-refractivity contribution in [1.29, 1.82) is 0 Å². The van der Waals surface area contributed by atoms with Gasteiger partial charge in [0.05, 0.1) is 10.3 Å². The standard InChI is InChI=1S/C11H5F7N2O2S/c12-9(13,10(14,15)11(16,17)18)4-22-8(21)5-2-1-3-6-7(5)23-20-19-6/h1-3H,4H2. The van der Waals surface area contributed by atoms with E-state index in [0.717, 1.165) is 6.07 Å². The smallest absolute Gasteiger partial charge is 0.455 e. The lowest BCUT2D eigenvalue weighted by atomic mass is 10.1. The Balaban J connectivity index is 2.17. The van der Waals surface area contributed by atoms with Crippen LogP contribution in [0.2, 0.25) is 0 Å². The number of esters is 1. The van der Waals surface area contributed by atoms with Crippen molar-refractivity contribution >= 4 is 27.7 Å². The molecular formula is C11H5F7N2O2S. The zero-order valence-electron chi connectivity index (χ0n) is 10.7. The summed E-state index contributed by atoms with van der Waals surface area (Å²) in [7, 11) is 0. The van der Waals surface area contributed by atoms with Crippen LogP contribution in [0.25, 0.3) is 10.2 Å². The maximum Gasteiger partial charge on any atom is 0.460 e. The van der Waals surface area contributed by atoms with Gasteiger partial charge in [-0.05, 0) is 23.7 Å². The molecule has 1 aromatic carbocycles. The largest absolute Gasteiger partial charge is 0.460 e. The van der Waals surface area contributed by atoms with Crippen molar-refractivity contribution in [2.75, 3.05) is 6.61 Å². The Kier molecular flexibility index (Phi) is 4.22. The van der Waals surface area contributed by atoms with Crippen LogP contribution in [0.4, 0.5) is 30.7 Å². The first-order valence-electron chi connectivity index (χ1n) is 5.68. The van der Waals surface area contributed by atoms with Crippen LogP contribution in [0.1, 0.15) is 10.4 Å². The third-order valence-corrected chi connectivity index (χ3v) is 3.47. The number of benzene rings is 1. The second-order valence-electron chi connectivity index (χ2n) is 4.28. The molecule has 4 nitrogen and oxygen atoms in total. The van der Waals surface area contributed by atoms with E-state index in [1.54, 1.807) is 0 Å². The summed E-state index contributed by atoms with van der Waals surface area (Å²) in [6.45, 7) is -2.43. The number of nitrogens with zero attached hydrogens (tertiary/aromatic N) is 2. The minimum Gasteiger partial charge on any atom is -0.455 e. The molecule has 23 heavy (non-hydrogen) atoms. The number of carbonyl (C=O) groups excluding carboxylic acids is 1. The number of alkyl halides is 7. The maximum atomic E-state index is 13.1. The van der Waals surface area contributed by atoms with Crippen LogP contribution in [-0.4, -0.2) is 40.2 Å². The van der Waals surface area contributed by atoms with Crippen LogP contribution in [0.15, 0.2) is 18.2 Å². The molecule has 0 radical (unpaired) electrons. The molecule has 1 heterocycles. The third-order valence-electron chi connectivity index (χ3n) is 2.69. The van der Waals surface area contributed by atoms with Gasteiger partial charge < -0.3 is 4.74 Å². The Morgan fingerprint density at radius 3 is 2.39 bits per heavy atom. The molecule has 0 amide bonds. The lowest BCUT2D eigenvalue weighted by Gasteiger charge is -2.27. The molecular weight excluding hydrogens is 357 g/mol. The molecule has 0 bridgehead atoms. The fourth-order valence-electron chi connectivity index (χ4n) is 1.50. The number of fused-ring (bicyclic) bond motifs is 1. The van der Waals surface area contributed by atoms with Gasteiger partial charge in [-0.15, -0.1) is 5.10 Å². The van der Waals surface area contributed by atoms with E-state index in [9.17, 15) is 35.5 Å². The molecule has 126 valence electrons. The Hall–Kier alpha value is -1.98. The predicted molar refractivity (Wildman–Crippen MR) is 63.6 cm³/mol. The van der Waals surface area contributed by atoms with E-state index in [2.05, 4.69) is 14.3 Å². The highest BCUT2D eigenvalue weighted by Crippen LogP contribution is 2.46. The van der Waals surface area contributed by atoms with Gasteiger partial charge in [-0.25, -0.2) is 4.79 Å². The van der Waals surface area contributed by atoms with E-state index < -0.39 is 30.6 Å². The number of halogens is 7. The van der Waals surface area contributed by atoms with Gasteiger partial charge in [0.2, 0.25) is 0 Å². The third kappa shape index (κ3) is 3.07. The summed E-state index contributed by atoms with van der Waals surface area (Å²) in [5.74, 6) is -13.4. The number of hydrogen-bond donors (Lipinski definition) is 0. The normalized spacial score (nSPS) is 13.3. The molecule has 0 spiro atoms. The van der Waals surface area contributed by atoms with Crippen molar-refractivity contribution in [3.63, 3.8) is 0 Å². The van der Waals surface area contributed by atoms with Gasteiger partial charge in [-0.2, -0.15) is 30.7 Å². The van der Waals surface area contributed by atoms with E-state index in [4.69, 9.17) is 0 Å². The summed E-state index contributed by atoms with van der Waals surface area (Å²) in [5, 5.41) is 3.59. The Morgan fingerprint density at radius 2 is 1.78 bits per heavy atom. The monoisotopic (exact) mass is 362 g/mol. The van der Waals surface area contributed by atoms with Crippen LogP contribution in [0, 0.1) is 0 Å². The minimum absolute atomic E-state index is 0.128. The van der Waals surface area contributed by atoms with E-state index >= 15 is 0 Å². The average molecular weight is 362 g/mol. The molecule has 0 N–H and O–H groups in total. The zero-order chi connectivity index (χ0) is 17.5. The molecule has 0 saturated carbocycles. The van der Waals surface area contributed by atoms with E-state index in [1.807, 2.05) is 0 Å². The molecule has 0 saturated heterocycles. The van der Waals surface area contributed by atoms with Crippen LogP contribution < -0.4 is 0 Å². The molecule has 1 aromatic heterocycles.